The van der Waals surface area contributed by atoms with E-state index in [1.54, 1.807) is 12.1 Å². The molecule has 2 aromatic carbocycles. The van der Waals surface area contributed by atoms with Crippen LogP contribution in [0.3, 0.4) is 0 Å². The highest BCUT2D eigenvalue weighted by molar-refractivity contribution is 7.89. The molecule has 2 atom stereocenters. The number of hydrogen-bond acceptors (Lipinski definition) is 10. The monoisotopic (exact) mass is 618 g/mol. The van der Waals surface area contributed by atoms with Crippen molar-refractivity contribution >= 4 is 53.4 Å². The third-order valence-electron chi connectivity index (χ3n) is 6.08. The zero-order valence-corrected chi connectivity index (χ0v) is 24.3. The van der Waals surface area contributed by atoms with Gasteiger partial charge in [0.2, 0.25) is 20.0 Å². The van der Waals surface area contributed by atoms with Crippen molar-refractivity contribution in [2.45, 2.75) is 34.8 Å². The van der Waals surface area contributed by atoms with E-state index in [2.05, 4.69) is 9.44 Å². The number of nitrogens with one attached hydrogen (secondary N) is 2. The molecule has 2 unspecified atom stereocenters. The van der Waals surface area contributed by atoms with Gasteiger partial charge in [-0.2, -0.15) is 8.42 Å². The molecule has 0 saturated carbocycles. The second-order valence-corrected chi connectivity index (χ2v) is 14.1. The standard InChI is InChI=1S/C12H16N2O6S2.C11H14N2O4S/c1-13-22(18,19)10-5-3-9(4-6-10)14-8-7-11(12(14)15)20-21(2,16)17;1-12-18(16,17)9-4-2-8(3-5-9)13-7-6-10(14)11(13)15/h3-6,11,13H,7-8H2,1-2H3;2-5,10,12,14H,6-7H2,1H3. The van der Waals surface area contributed by atoms with Gasteiger partial charge in [-0.05, 0) is 62.6 Å². The molecule has 0 radical (unpaired) electrons. The molecule has 4 rings (SSSR count). The van der Waals surface area contributed by atoms with Gasteiger partial charge in [-0.3, -0.25) is 13.8 Å². The van der Waals surface area contributed by atoms with Crippen molar-refractivity contribution < 1.29 is 44.1 Å². The van der Waals surface area contributed by atoms with Crippen LogP contribution in [0.2, 0.25) is 0 Å². The Labute approximate surface area is 233 Å². The normalized spacial score (nSPS) is 20.0. The molecule has 3 N–H and O–H groups in total. The highest BCUT2D eigenvalue weighted by Crippen LogP contribution is 2.25. The van der Waals surface area contributed by atoms with Crippen molar-refractivity contribution in [1.29, 1.82) is 0 Å². The minimum Gasteiger partial charge on any atom is -0.383 e. The van der Waals surface area contributed by atoms with Gasteiger partial charge in [-0.1, -0.05) is 0 Å². The highest BCUT2D eigenvalue weighted by atomic mass is 32.2. The van der Waals surface area contributed by atoms with Crippen LogP contribution >= 0.6 is 0 Å². The molecular formula is C23H30N4O10S3. The van der Waals surface area contributed by atoms with Gasteiger partial charge in [-0.15, -0.1) is 0 Å². The molecular weight excluding hydrogens is 588 g/mol. The smallest absolute Gasteiger partial charge is 0.265 e. The van der Waals surface area contributed by atoms with Gasteiger partial charge in [0.1, 0.15) is 6.10 Å². The lowest BCUT2D eigenvalue weighted by Gasteiger charge is -2.17. The average Bonchev–Trinajstić information content (AvgIpc) is 3.44. The summed E-state index contributed by atoms with van der Waals surface area (Å²) >= 11 is 0. The summed E-state index contributed by atoms with van der Waals surface area (Å²) in [5.41, 5.74) is 1.08. The van der Waals surface area contributed by atoms with Crippen molar-refractivity contribution in [3.8, 4) is 0 Å². The Morgan fingerprint density at radius 3 is 1.48 bits per heavy atom. The van der Waals surface area contributed by atoms with E-state index in [1.807, 2.05) is 0 Å². The van der Waals surface area contributed by atoms with Gasteiger partial charge in [0.25, 0.3) is 21.9 Å². The van der Waals surface area contributed by atoms with Gasteiger partial charge >= 0.3 is 0 Å². The Morgan fingerprint density at radius 2 is 1.12 bits per heavy atom. The fourth-order valence-electron chi connectivity index (χ4n) is 3.98. The molecule has 220 valence electrons. The second-order valence-electron chi connectivity index (χ2n) is 8.76. The number of carbonyl (C=O) groups is 2. The van der Waals surface area contributed by atoms with Crippen LogP contribution in [0.4, 0.5) is 11.4 Å². The van der Waals surface area contributed by atoms with Crippen molar-refractivity contribution in [3.63, 3.8) is 0 Å². The summed E-state index contributed by atoms with van der Waals surface area (Å²) in [7, 11) is -8.08. The number of amides is 2. The molecule has 14 nitrogen and oxygen atoms in total. The Hall–Kier alpha value is -2.93. The zero-order valence-electron chi connectivity index (χ0n) is 21.8. The van der Waals surface area contributed by atoms with Crippen LogP contribution < -0.4 is 19.2 Å². The van der Waals surface area contributed by atoms with E-state index in [0.29, 0.717) is 30.9 Å². The third-order valence-corrected chi connectivity index (χ3v) is 9.52. The highest BCUT2D eigenvalue weighted by Gasteiger charge is 2.36. The predicted octanol–water partition coefficient (Wildman–Crippen LogP) is -0.631. The molecule has 0 aromatic heterocycles. The van der Waals surface area contributed by atoms with Crippen LogP contribution in [-0.4, -0.2) is 87.8 Å². The summed E-state index contributed by atoms with van der Waals surface area (Å²) in [6.07, 6.45) is -0.445. The molecule has 2 aliphatic rings. The van der Waals surface area contributed by atoms with Gasteiger partial charge < -0.3 is 14.9 Å². The van der Waals surface area contributed by atoms with Crippen LogP contribution in [0.1, 0.15) is 12.8 Å². The minimum absolute atomic E-state index is 0.0781. The average molecular weight is 619 g/mol. The number of benzene rings is 2. The molecule has 2 amide bonds. The lowest BCUT2D eigenvalue weighted by atomic mass is 10.3. The maximum absolute atomic E-state index is 12.1. The Kier molecular flexibility index (Phi) is 9.71. The number of rotatable bonds is 8. The number of nitrogens with zero attached hydrogens (tertiary/aromatic N) is 2. The summed E-state index contributed by atoms with van der Waals surface area (Å²) in [6.45, 7) is 0.745. The topological polar surface area (TPSA) is 197 Å². The Balaban J connectivity index is 0.000000225. The molecule has 2 heterocycles. The van der Waals surface area contributed by atoms with E-state index in [0.717, 1.165) is 6.26 Å². The van der Waals surface area contributed by atoms with E-state index in [-0.39, 0.29) is 22.1 Å². The van der Waals surface area contributed by atoms with Gasteiger partial charge in [0.15, 0.2) is 6.10 Å². The van der Waals surface area contributed by atoms with E-state index >= 15 is 0 Å². The molecule has 0 aliphatic carbocycles. The number of sulfonamides is 2. The van der Waals surface area contributed by atoms with E-state index in [4.69, 9.17) is 4.18 Å². The summed E-state index contributed by atoms with van der Waals surface area (Å²) in [5, 5.41) is 9.35. The molecule has 0 bridgehead atoms. The maximum atomic E-state index is 12.1. The van der Waals surface area contributed by atoms with E-state index < -0.39 is 48.3 Å². The molecule has 2 aromatic rings. The maximum Gasteiger partial charge on any atom is 0.265 e. The molecule has 2 fully saturated rings. The number of aliphatic hydroxyl groups is 1. The fourth-order valence-corrected chi connectivity index (χ4v) is 6.04. The first kappa shape index (κ1) is 31.6. The van der Waals surface area contributed by atoms with Crippen LogP contribution in [0, 0.1) is 0 Å². The van der Waals surface area contributed by atoms with Crippen molar-refractivity contribution in [2.75, 3.05) is 43.2 Å². The van der Waals surface area contributed by atoms with Crippen molar-refractivity contribution in [2.24, 2.45) is 0 Å². The van der Waals surface area contributed by atoms with E-state index in [1.165, 1.54) is 60.3 Å². The Bertz CT molecular complexity index is 1560. The van der Waals surface area contributed by atoms with Crippen LogP contribution in [0.5, 0.6) is 0 Å². The first-order valence-electron chi connectivity index (χ1n) is 11.9. The summed E-state index contributed by atoms with van der Waals surface area (Å²) in [5.74, 6) is -0.811. The number of carbonyl (C=O) groups excluding carboxylic acids is 2. The van der Waals surface area contributed by atoms with Crippen molar-refractivity contribution in [1.82, 2.24) is 9.44 Å². The Morgan fingerprint density at radius 1 is 0.725 bits per heavy atom. The van der Waals surface area contributed by atoms with E-state index in [9.17, 15) is 39.9 Å². The van der Waals surface area contributed by atoms with Crippen LogP contribution in [0.15, 0.2) is 58.3 Å². The van der Waals surface area contributed by atoms with Crippen molar-refractivity contribution in [3.05, 3.63) is 48.5 Å². The molecule has 17 heteroatoms. The first-order valence-corrected chi connectivity index (χ1v) is 16.6. The number of aliphatic hydroxyl groups excluding tert-OH is 1. The molecule has 0 spiro atoms. The fraction of sp³-hybridized carbons (Fsp3) is 0.391. The van der Waals surface area contributed by atoms with Gasteiger partial charge in [0.05, 0.1) is 16.0 Å². The quantitative estimate of drug-likeness (QED) is 0.320. The minimum atomic E-state index is -3.71. The van der Waals surface area contributed by atoms with Gasteiger partial charge in [-0.25, -0.2) is 26.3 Å². The predicted molar refractivity (Wildman–Crippen MR) is 145 cm³/mol. The number of hydrogen-bond donors (Lipinski definition) is 3. The summed E-state index contributed by atoms with van der Waals surface area (Å²) < 4.78 is 77.6. The molecule has 40 heavy (non-hydrogen) atoms. The number of anilines is 2. The second kappa shape index (κ2) is 12.3. The summed E-state index contributed by atoms with van der Waals surface area (Å²) in [6, 6.07) is 11.7. The zero-order chi connectivity index (χ0) is 29.9. The molecule has 2 saturated heterocycles. The lowest BCUT2D eigenvalue weighted by Crippen LogP contribution is -2.31. The van der Waals surface area contributed by atoms with Crippen LogP contribution in [0.25, 0.3) is 0 Å². The SMILES string of the molecule is CNS(=O)(=O)c1ccc(N2CCC(O)C2=O)cc1.CNS(=O)(=O)c1ccc(N2CCC(OS(C)(=O)=O)C2=O)cc1. The first-order chi connectivity index (χ1) is 18.6. The third kappa shape index (κ3) is 7.42. The molecule has 2 aliphatic heterocycles. The van der Waals surface area contributed by atoms with Gasteiger partial charge in [0, 0.05) is 37.3 Å². The van der Waals surface area contributed by atoms with Crippen LogP contribution in [-0.2, 0) is 43.9 Å². The largest absolute Gasteiger partial charge is 0.383 e. The lowest BCUT2D eigenvalue weighted by molar-refractivity contribution is -0.124. The summed E-state index contributed by atoms with van der Waals surface area (Å²) in [4.78, 5) is 26.7.